The highest BCUT2D eigenvalue weighted by molar-refractivity contribution is 5.91. The maximum atomic E-state index is 12.6. The Hall–Kier alpha value is -3.09. The van der Waals surface area contributed by atoms with E-state index in [4.69, 9.17) is 0 Å². The first-order valence-electron chi connectivity index (χ1n) is 7.33. The predicted octanol–water partition coefficient (Wildman–Crippen LogP) is 3.98. The first kappa shape index (κ1) is 17.3. The molecule has 2 atom stereocenters. The van der Waals surface area contributed by atoms with E-state index in [1.165, 1.54) is 24.3 Å². The van der Waals surface area contributed by atoms with Crippen LogP contribution in [0.15, 0.2) is 48.5 Å². The van der Waals surface area contributed by atoms with Crippen molar-refractivity contribution in [2.24, 2.45) is 0 Å². The number of benzene rings is 2. The van der Waals surface area contributed by atoms with Crippen molar-refractivity contribution in [2.45, 2.75) is 25.7 Å². The number of Topliss-reactive ketones (excluding diaryl/α,β-unsaturated/α-hetero) is 1. The summed E-state index contributed by atoms with van der Waals surface area (Å²) in [7, 11) is 0. The lowest BCUT2D eigenvalue weighted by Crippen LogP contribution is -2.16. The molecule has 2 rings (SSSR count). The van der Waals surface area contributed by atoms with E-state index in [1.807, 2.05) is 0 Å². The average molecular weight is 328 g/mol. The van der Waals surface area contributed by atoms with E-state index >= 15 is 0 Å². The molecule has 124 valence electrons. The summed E-state index contributed by atoms with van der Waals surface area (Å²) in [6.45, 7) is 3.48. The normalized spacial score (nSPS) is 13.1. The van der Waals surface area contributed by atoms with Gasteiger partial charge in [0.25, 0.3) is 11.4 Å². The molecule has 0 bridgehead atoms. The molecule has 0 heterocycles. The van der Waals surface area contributed by atoms with E-state index in [9.17, 15) is 25.0 Å². The third kappa shape index (κ3) is 3.62. The molecule has 0 aliphatic carbocycles. The highest BCUT2D eigenvalue weighted by Gasteiger charge is 2.23. The number of non-ortho nitro benzene ring substituents is 2. The van der Waals surface area contributed by atoms with Crippen molar-refractivity contribution >= 4 is 17.2 Å². The van der Waals surface area contributed by atoms with Gasteiger partial charge in [-0.2, -0.15) is 0 Å². The van der Waals surface area contributed by atoms with Crippen LogP contribution in [0.4, 0.5) is 11.4 Å². The molecule has 0 amide bonds. The van der Waals surface area contributed by atoms with Crippen molar-refractivity contribution in [3.8, 4) is 0 Å². The smallest absolute Gasteiger partial charge is 0.269 e. The molecule has 7 heteroatoms. The van der Waals surface area contributed by atoms with E-state index in [0.717, 1.165) is 0 Å². The minimum atomic E-state index is -0.490. The van der Waals surface area contributed by atoms with E-state index in [-0.39, 0.29) is 17.2 Å². The first-order valence-corrected chi connectivity index (χ1v) is 7.33. The molecule has 0 saturated carbocycles. The molecule has 0 aliphatic heterocycles. The summed E-state index contributed by atoms with van der Waals surface area (Å²) >= 11 is 0. The minimum Gasteiger partial charge on any atom is -0.298 e. The van der Waals surface area contributed by atoms with Crippen LogP contribution in [-0.4, -0.2) is 15.6 Å². The Morgan fingerprint density at radius 1 is 0.750 bits per heavy atom. The molecule has 0 aromatic heterocycles. The van der Waals surface area contributed by atoms with Gasteiger partial charge in [-0.05, 0) is 11.1 Å². The quantitative estimate of drug-likeness (QED) is 0.589. The third-order valence-corrected chi connectivity index (χ3v) is 4.06. The Morgan fingerprint density at radius 2 is 1.04 bits per heavy atom. The fourth-order valence-corrected chi connectivity index (χ4v) is 2.47. The second-order valence-corrected chi connectivity index (χ2v) is 5.54. The van der Waals surface area contributed by atoms with E-state index in [1.54, 1.807) is 38.1 Å². The van der Waals surface area contributed by atoms with Gasteiger partial charge in [0.05, 0.1) is 9.85 Å². The number of hydrogen-bond acceptors (Lipinski definition) is 5. The van der Waals surface area contributed by atoms with Gasteiger partial charge in [0.1, 0.15) is 5.78 Å². The van der Waals surface area contributed by atoms with Crippen molar-refractivity contribution in [1.29, 1.82) is 0 Å². The molecule has 2 aromatic rings. The summed E-state index contributed by atoms with van der Waals surface area (Å²) in [5.74, 6) is -0.926. The molecular formula is C17H16N2O5. The van der Waals surface area contributed by atoms with Gasteiger partial charge in [-0.3, -0.25) is 25.0 Å². The van der Waals surface area contributed by atoms with Crippen LogP contribution in [0.5, 0.6) is 0 Å². The number of carbonyl (C=O) groups is 1. The number of nitro groups is 2. The number of ketones is 1. The number of nitro benzene ring substituents is 2. The molecule has 0 N–H and O–H groups in total. The monoisotopic (exact) mass is 328 g/mol. The van der Waals surface area contributed by atoms with Crippen molar-refractivity contribution < 1.29 is 14.6 Å². The van der Waals surface area contributed by atoms with Crippen molar-refractivity contribution in [2.75, 3.05) is 0 Å². The maximum Gasteiger partial charge on any atom is 0.269 e. The second-order valence-electron chi connectivity index (χ2n) is 5.54. The van der Waals surface area contributed by atoms with Crippen molar-refractivity contribution in [3.05, 3.63) is 79.9 Å². The Bertz CT molecular complexity index is 703. The SMILES string of the molecule is CC(C(=O)C(C)c1ccc([N+](=O)[O-])cc1)c1ccc([N+](=O)[O-])cc1. The fraction of sp³-hybridized carbons (Fsp3) is 0.235. The molecule has 0 aliphatic rings. The minimum absolute atomic E-state index is 0.0261. The molecule has 0 radical (unpaired) electrons. The molecule has 24 heavy (non-hydrogen) atoms. The molecule has 0 fully saturated rings. The van der Waals surface area contributed by atoms with Gasteiger partial charge in [0.15, 0.2) is 0 Å². The highest BCUT2D eigenvalue weighted by Crippen LogP contribution is 2.28. The van der Waals surface area contributed by atoms with Gasteiger partial charge in [-0.1, -0.05) is 38.1 Å². The average Bonchev–Trinajstić information content (AvgIpc) is 2.60. The zero-order chi connectivity index (χ0) is 17.9. The number of carbonyl (C=O) groups excluding carboxylic acids is 1. The molecule has 0 saturated heterocycles. The summed E-state index contributed by atoms with van der Waals surface area (Å²) in [4.78, 5) is 33.0. The van der Waals surface area contributed by atoms with E-state index in [2.05, 4.69) is 0 Å². The zero-order valence-corrected chi connectivity index (χ0v) is 13.2. The van der Waals surface area contributed by atoms with Crippen LogP contribution in [0.2, 0.25) is 0 Å². The van der Waals surface area contributed by atoms with Crippen LogP contribution < -0.4 is 0 Å². The number of nitrogens with zero attached hydrogens (tertiary/aromatic N) is 2. The van der Waals surface area contributed by atoms with Gasteiger partial charge in [0, 0.05) is 36.1 Å². The lowest BCUT2D eigenvalue weighted by Gasteiger charge is -2.17. The summed E-state index contributed by atoms with van der Waals surface area (Å²) in [6, 6.07) is 11.8. The highest BCUT2D eigenvalue weighted by atomic mass is 16.6. The topological polar surface area (TPSA) is 103 Å². The van der Waals surface area contributed by atoms with Crippen LogP contribution in [-0.2, 0) is 4.79 Å². The summed E-state index contributed by atoms with van der Waals surface area (Å²) in [5.41, 5.74) is 1.34. The molecule has 2 aromatic carbocycles. The predicted molar refractivity (Wildman–Crippen MR) is 88.0 cm³/mol. The molecule has 7 nitrogen and oxygen atoms in total. The van der Waals surface area contributed by atoms with E-state index in [0.29, 0.717) is 11.1 Å². The Morgan fingerprint density at radius 3 is 1.29 bits per heavy atom. The van der Waals surface area contributed by atoms with Gasteiger partial charge in [0.2, 0.25) is 0 Å². The van der Waals surface area contributed by atoms with Crippen LogP contribution in [0.3, 0.4) is 0 Å². The van der Waals surface area contributed by atoms with Gasteiger partial charge in [-0.25, -0.2) is 0 Å². The van der Waals surface area contributed by atoms with Gasteiger partial charge in [-0.15, -0.1) is 0 Å². The van der Waals surface area contributed by atoms with E-state index < -0.39 is 21.7 Å². The molecule has 2 unspecified atom stereocenters. The Kier molecular flexibility index (Phi) is 5.03. The fourth-order valence-electron chi connectivity index (χ4n) is 2.47. The maximum absolute atomic E-state index is 12.6. The third-order valence-electron chi connectivity index (χ3n) is 4.06. The zero-order valence-electron chi connectivity index (χ0n) is 13.2. The van der Waals surface area contributed by atoms with Crippen LogP contribution in [0.1, 0.15) is 36.8 Å². The summed E-state index contributed by atoms with van der Waals surface area (Å²) < 4.78 is 0. The first-order chi connectivity index (χ1) is 11.3. The number of rotatable bonds is 6. The molecular weight excluding hydrogens is 312 g/mol. The van der Waals surface area contributed by atoms with Crippen molar-refractivity contribution in [3.63, 3.8) is 0 Å². The summed E-state index contributed by atoms with van der Waals surface area (Å²) in [6.07, 6.45) is 0. The van der Waals surface area contributed by atoms with Crippen LogP contribution in [0.25, 0.3) is 0 Å². The second kappa shape index (κ2) is 6.99. The largest absolute Gasteiger partial charge is 0.298 e. The Balaban J connectivity index is 2.16. The van der Waals surface area contributed by atoms with Crippen LogP contribution in [0, 0.1) is 20.2 Å². The van der Waals surface area contributed by atoms with Gasteiger partial charge >= 0.3 is 0 Å². The standard InChI is InChI=1S/C17H16N2O5/c1-11(13-3-7-15(8-4-13)18(21)22)17(20)12(2)14-5-9-16(10-6-14)19(23)24/h3-12H,1-2H3. The van der Waals surface area contributed by atoms with Crippen LogP contribution >= 0.6 is 0 Å². The molecule has 0 spiro atoms. The van der Waals surface area contributed by atoms with Crippen molar-refractivity contribution in [1.82, 2.24) is 0 Å². The number of hydrogen-bond donors (Lipinski definition) is 0. The lowest BCUT2D eigenvalue weighted by atomic mass is 9.86. The Labute approximate surface area is 138 Å². The van der Waals surface area contributed by atoms with Gasteiger partial charge < -0.3 is 0 Å². The lowest BCUT2D eigenvalue weighted by molar-refractivity contribution is -0.385. The summed E-state index contributed by atoms with van der Waals surface area (Å²) in [5, 5.41) is 21.4.